The molecule has 1 aromatic heterocycles. The van der Waals surface area contributed by atoms with Gasteiger partial charge in [0.05, 0.1) is 11.4 Å². The summed E-state index contributed by atoms with van der Waals surface area (Å²) < 4.78 is 2.43. The molecule has 0 atom stereocenters. The van der Waals surface area contributed by atoms with E-state index in [0.717, 1.165) is 25.2 Å². The van der Waals surface area contributed by atoms with E-state index in [0.29, 0.717) is 0 Å². The topological polar surface area (TPSA) is 29.3 Å². The number of fused-ring (bicyclic) bond motifs is 3. The highest BCUT2D eigenvalue weighted by Gasteiger charge is 2.18. The minimum Gasteiger partial charge on any atom is -0.370 e. The summed E-state index contributed by atoms with van der Waals surface area (Å²) in [6.45, 7) is 2.82. The number of para-hydroxylation sites is 1. The summed E-state index contributed by atoms with van der Waals surface area (Å²) in [5.41, 5.74) is 7.74. The Bertz CT molecular complexity index is 1100. The summed E-state index contributed by atoms with van der Waals surface area (Å²) >= 11 is 0. The van der Waals surface area contributed by atoms with Gasteiger partial charge in [-0.15, -0.1) is 0 Å². The van der Waals surface area contributed by atoms with E-state index < -0.39 is 0 Å². The number of benzene rings is 2. The maximum atomic E-state index is 4.43. The lowest BCUT2D eigenvalue weighted by atomic mass is 10.0. The molecule has 1 N–H and O–H groups in total. The lowest BCUT2D eigenvalue weighted by molar-refractivity contribution is 0.888. The van der Waals surface area contributed by atoms with Crippen molar-refractivity contribution in [2.45, 2.75) is 19.8 Å². The summed E-state index contributed by atoms with van der Waals surface area (Å²) in [5, 5.41) is 4.67. The van der Waals surface area contributed by atoms with Gasteiger partial charge in [-0.05, 0) is 49.1 Å². The minimum absolute atomic E-state index is 0.825. The molecular weight excluding hydrogens is 318 g/mol. The summed E-state index contributed by atoms with van der Waals surface area (Å²) in [4.78, 5) is 4.43. The Hall–Kier alpha value is -3.07. The third-order valence-corrected chi connectivity index (χ3v) is 5.27. The van der Waals surface area contributed by atoms with Crippen LogP contribution in [0.4, 0.5) is 0 Å². The third-order valence-electron chi connectivity index (χ3n) is 5.27. The van der Waals surface area contributed by atoms with Crippen LogP contribution in [0.15, 0.2) is 65.8 Å². The van der Waals surface area contributed by atoms with E-state index in [1.807, 2.05) is 13.1 Å². The number of hydrogen-bond acceptors (Lipinski definition) is 2. The highest BCUT2D eigenvalue weighted by molar-refractivity contribution is 5.93. The van der Waals surface area contributed by atoms with Crippen LogP contribution in [0.1, 0.15) is 30.2 Å². The van der Waals surface area contributed by atoms with Crippen molar-refractivity contribution < 1.29 is 0 Å². The number of aromatic nitrogens is 1. The molecule has 0 saturated heterocycles. The number of aliphatic imine (C=N–C) groups is 1. The van der Waals surface area contributed by atoms with Gasteiger partial charge in [0.1, 0.15) is 0 Å². The zero-order chi connectivity index (χ0) is 17.5. The Kier molecular flexibility index (Phi) is 3.52. The molecule has 0 unspecified atom stereocenters. The molecule has 3 heteroatoms. The SMILES string of the molecule is CC1=NC=C(c2cccc(-n3c4c(c5ccccc53)C=CCC4)c2)CN1. The molecule has 1 aliphatic heterocycles. The molecule has 2 aromatic carbocycles. The van der Waals surface area contributed by atoms with Gasteiger partial charge in [0, 0.05) is 35.1 Å². The van der Waals surface area contributed by atoms with Gasteiger partial charge < -0.3 is 9.88 Å². The van der Waals surface area contributed by atoms with Gasteiger partial charge >= 0.3 is 0 Å². The summed E-state index contributed by atoms with van der Waals surface area (Å²) in [6.07, 6.45) is 8.74. The van der Waals surface area contributed by atoms with Crippen LogP contribution in [0.5, 0.6) is 0 Å². The number of hydrogen-bond donors (Lipinski definition) is 1. The highest BCUT2D eigenvalue weighted by Crippen LogP contribution is 2.34. The molecule has 2 heterocycles. The van der Waals surface area contributed by atoms with E-state index in [1.165, 1.54) is 39.0 Å². The molecule has 0 bridgehead atoms. The Balaban J connectivity index is 1.70. The van der Waals surface area contributed by atoms with Crippen molar-refractivity contribution >= 4 is 28.4 Å². The Morgan fingerprint density at radius 2 is 2.00 bits per heavy atom. The summed E-state index contributed by atoms with van der Waals surface area (Å²) in [7, 11) is 0. The van der Waals surface area contributed by atoms with Crippen LogP contribution in [-0.2, 0) is 6.42 Å². The largest absolute Gasteiger partial charge is 0.370 e. The van der Waals surface area contributed by atoms with Gasteiger partial charge in [-0.3, -0.25) is 0 Å². The van der Waals surface area contributed by atoms with Crippen molar-refractivity contribution in [2.24, 2.45) is 4.99 Å². The van der Waals surface area contributed by atoms with Gasteiger partial charge in [0.25, 0.3) is 0 Å². The molecular formula is C23H21N3. The average molecular weight is 339 g/mol. The van der Waals surface area contributed by atoms with Crippen molar-refractivity contribution in [2.75, 3.05) is 6.54 Å². The maximum absolute atomic E-state index is 4.43. The number of nitrogens with one attached hydrogen (secondary N) is 1. The van der Waals surface area contributed by atoms with Crippen LogP contribution in [0, 0.1) is 0 Å². The quantitative estimate of drug-likeness (QED) is 0.703. The van der Waals surface area contributed by atoms with Gasteiger partial charge in [-0.25, -0.2) is 4.99 Å². The van der Waals surface area contributed by atoms with Gasteiger partial charge in [0.2, 0.25) is 0 Å². The molecule has 3 aromatic rings. The van der Waals surface area contributed by atoms with Crippen LogP contribution in [-0.4, -0.2) is 16.9 Å². The van der Waals surface area contributed by atoms with E-state index in [-0.39, 0.29) is 0 Å². The van der Waals surface area contributed by atoms with Gasteiger partial charge in [-0.1, -0.05) is 42.5 Å². The number of nitrogens with zero attached hydrogens (tertiary/aromatic N) is 2. The minimum atomic E-state index is 0.825. The van der Waals surface area contributed by atoms with Gasteiger partial charge in [-0.2, -0.15) is 0 Å². The fraction of sp³-hybridized carbons (Fsp3) is 0.174. The monoisotopic (exact) mass is 339 g/mol. The average Bonchev–Trinajstić information content (AvgIpc) is 3.03. The summed E-state index contributed by atoms with van der Waals surface area (Å²) in [6, 6.07) is 17.5. The van der Waals surface area contributed by atoms with Crippen molar-refractivity contribution in [1.82, 2.24) is 9.88 Å². The maximum Gasteiger partial charge on any atom is 0.0986 e. The van der Waals surface area contributed by atoms with Crippen LogP contribution >= 0.6 is 0 Å². The van der Waals surface area contributed by atoms with Crippen LogP contribution in [0.25, 0.3) is 28.2 Å². The Labute approximate surface area is 153 Å². The smallest absolute Gasteiger partial charge is 0.0986 e. The normalized spacial score (nSPS) is 16.0. The third kappa shape index (κ3) is 2.39. The van der Waals surface area contributed by atoms with Crippen molar-refractivity contribution in [3.05, 3.63) is 77.6 Å². The Morgan fingerprint density at radius 1 is 1.08 bits per heavy atom. The molecule has 0 radical (unpaired) electrons. The highest BCUT2D eigenvalue weighted by atomic mass is 15.0. The molecule has 0 spiro atoms. The van der Waals surface area contributed by atoms with E-state index >= 15 is 0 Å². The van der Waals surface area contributed by atoms with E-state index in [4.69, 9.17) is 0 Å². The number of amidine groups is 1. The fourth-order valence-corrected chi connectivity index (χ4v) is 3.98. The molecule has 2 aliphatic rings. The van der Waals surface area contributed by atoms with Crippen molar-refractivity contribution in [3.8, 4) is 5.69 Å². The van der Waals surface area contributed by atoms with E-state index in [1.54, 1.807) is 0 Å². The predicted octanol–water partition coefficient (Wildman–Crippen LogP) is 4.95. The molecule has 0 fully saturated rings. The lowest BCUT2D eigenvalue weighted by Gasteiger charge is -2.17. The molecule has 128 valence electrons. The van der Waals surface area contributed by atoms with Crippen LogP contribution < -0.4 is 5.32 Å². The second-order valence-electron chi connectivity index (χ2n) is 6.93. The number of rotatable bonds is 2. The van der Waals surface area contributed by atoms with Crippen LogP contribution in [0.3, 0.4) is 0 Å². The molecule has 1 aliphatic carbocycles. The first-order valence-electron chi connectivity index (χ1n) is 9.18. The second-order valence-corrected chi connectivity index (χ2v) is 6.93. The second kappa shape index (κ2) is 6.03. The number of allylic oxidation sites excluding steroid dienone is 1. The van der Waals surface area contributed by atoms with E-state index in [2.05, 4.69) is 75.6 Å². The molecule has 5 rings (SSSR count). The first-order chi connectivity index (χ1) is 12.8. The van der Waals surface area contributed by atoms with Crippen molar-refractivity contribution in [3.63, 3.8) is 0 Å². The standard InChI is InChI=1S/C23H21N3/c1-16-24-14-18(15-25-16)17-7-6-8-19(13-17)26-22-11-4-2-9-20(22)21-10-3-5-12-23(21)26/h2-4,6-11,13-14H,5,12,15H2,1H3,(H,24,25). The van der Waals surface area contributed by atoms with Gasteiger partial charge in [0.15, 0.2) is 0 Å². The summed E-state index contributed by atoms with van der Waals surface area (Å²) in [5.74, 6) is 0.974. The van der Waals surface area contributed by atoms with E-state index in [9.17, 15) is 0 Å². The Morgan fingerprint density at radius 3 is 2.88 bits per heavy atom. The lowest BCUT2D eigenvalue weighted by Crippen LogP contribution is -2.24. The fourth-order valence-electron chi connectivity index (χ4n) is 3.98. The molecule has 0 saturated carbocycles. The van der Waals surface area contributed by atoms with Crippen molar-refractivity contribution in [1.29, 1.82) is 0 Å². The zero-order valence-electron chi connectivity index (χ0n) is 14.9. The zero-order valence-corrected chi connectivity index (χ0v) is 14.9. The molecule has 0 amide bonds. The predicted molar refractivity (Wildman–Crippen MR) is 110 cm³/mol. The first kappa shape index (κ1) is 15.2. The van der Waals surface area contributed by atoms with Crippen LogP contribution in [0.2, 0.25) is 0 Å². The molecule has 26 heavy (non-hydrogen) atoms. The first-order valence-corrected chi connectivity index (χ1v) is 9.18. The molecule has 3 nitrogen and oxygen atoms in total.